The molecule has 2 aliphatic rings. The van der Waals surface area contributed by atoms with Gasteiger partial charge in [-0.05, 0) is 72.7 Å². The molecule has 3 aromatic rings. The van der Waals surface area contributed by atoms with Gasteiger partial charge in [-0.25, -0.2) is 4.39 Å². The van der Waals surface area contributed by atoms with Crippen molar-refractivity contribution >= 4 is 23.1 Å². The van der Waals surface area contributed by atoms with E-state index in [2.05, 4.69) is 18.2 Å². The van der Waals surface area contributed by atoms with E-state index < -0.39 is 5.82 Å². The molecule has 0 N–H and O–H groups in total. The molecule has 1 aromatic heterocycles. The number of hydrogen-bond acceptors (Lipinski definition) is 2. The SMILES string of the molecule is O=C(c1ccccc1F)N1CCC(=C2c3ccc(Cl)cc3CCc3cccnc32)CC1. The van der Waals surface area contributed by atoms with Crippen LogP contribution < -0.4 is 0 Å². The van der Waals surface area contributed by atoms with E-state index in [1.807, 2.05) is 18.3 Å². The second kappa shape index (κ2) is 8.27. The Morgan fingerprint density at radius 1 is 0.935 bits per heavy atom. The van der Waals surface area contributed by atoms with Gasteiger partial charge in [0.05, 0.1) is 11.3 Å². The van der Waals surface area contributed by atoms with Crippen molar-refractivity contribution < 1.29 is 9.18 Å². The van der Waals surface area contributed by atoms with Crippen LogP contribution in [0.2, 0.25) is 5.02 Å². The number of pyridine rings is 1. The van der Waals surface area contributed by atoms with Crippen molar-refractivity contribution in [3.63, 3.8) is 0 Å². The predicted molar refractivity (Wildman–Crippen MR) is 121 cm³/mol. The van der Waals surface area contributed by atoms with Gasteiger partial charge in [0.2, 0.25) is 0 Å². The van der Waals surface area contributed by atoms with E-state index in [9.17, 15) is 9.18 Å². The zero-order valence-electron chi connectivity index (χ0n) is 17.1. The first kappa shape index (κ1) is 20.0. The molecule has 1 aliphatic carbocycles. The van der Waals surface area contributed by atoms with Crippen LogP contribution in [0.25, 0.3) is 5.57 Å². The molecule has 2 heterocycles. The topological polar surface area (TPSA) is 33.2 Å². The maximum absolute atomic E-state index is 14.1. The van der Waals surface area contributed by atoms with Crippen LogP contribution in [0, 0.1) is 5.82 Å². The van der Waals surface area contributed by atoms with E-state index >= 15 is 0 Å². The van der Waals surface area contributed by atoms with Crippen LogP contribution in [-0.4, -0.2) is 28.9 Å². The molecule has 5 rings (SSSR count). The highest BCUT2D eigenvalue weighted by molar-refractivity contribution is 6.30. The Kier molecular flexibility index (Phi) is 5.33. The predicted octanol–water partition coefficient (Wildman–Crippen LogP) is 5.71. The molecular weight excluding hydrogens is 411 g/mol. The summed E-state index contributed by atoms with van der Waals surface area (Å²) < 4.78 is 14.1. The number of carbonyl (C=O) groups is 1. The number of rotatable bonds is 1. The number of hydrogen-bond donors (Lipinski definition) is 0. The van der Waals surface area contributed by atoms with Crippen LogP contribution >= 0.6 is 11.6 Å². The lowest BCUT2D eigenvalue weighted by atomic mass is 9.88. The molecule has 31 heavy (non-hydrogen) atoms. The van der Waals surface area contributed by atoms with Gasteiger partial charge in [0.25, 0.3) is 5.91 Å². The van der Waals surface area contributed by atoms with Gasteiger partial charge in [0.15, 0.2) is 0 Å². The maximum atomic E-state index is 14.1. The normalized spacial score (nSPS) is 15.9. The summed E-state index contributed by atoms with van der Waals surface area (Å²) in [5, 5.41) is 0.743. The van der Waals surface area contributed by atoms with Gasteiger partial charge in [-0.1, -0.05) is 41.4 Å². The molecule has 1 amide bonds. The van der Waals surface area contributed by atoms with Crippen LogP contribution in [0.15, 0.2) is 66.4 Å². The summed E-state index contributed by atoms with van der Waals surface area (Å²) in [6.45, 7) is 1.13. The zero-order valence-corrected chi connectivity index (χ0v) is 17.8. The van der Waals surface area contributed by atoms with Gasteiger partial charge >= 0.3 is 0 Å². The standard InChI is InChI=1S/C26H22ClFN2O/c27-20-9-10-21-19(16-20)8-7-18-4-3-13-29-25(18)24(21)17-11-14-30(15-12-17)26(31)22-5-1-2-6-23(22)28/h1-6,9-10,13,16H,7-8,11-12,14-15H2. The van der Waals surface area contributed by atoms with E-state index in [0.29, 0.717) is 13.1 Å². The van der Waals surface area contributed by atoms with Crippen LogP contribution in [0.1, 0.15) is 45.6 Å². The molecule has 156 valence electrons. The molecule has 1 saturated heterocycles. The Morgan fingerprint density at radius 3 is 2.52 bits per heavy atom. The molecule has 2 aromatic carbocycles. The lowest BCUT2D eigenvalue weighted by Gasteiger charge is -2.30. The summed E-state index contributed by atoms with van der Waals surface area (Å²) in [6, 6.07) is 16.4. The Morgan fingerprint density at radius 2 is 1.71 bits per heavy atom. The summed E-state index contributed by atoms with van der Waals surface area (Å²) in [5.74, 6) is -0.710. The van der Waals surface area contributed by atoms with Crippen molar-refractivity contribution in [1.82, 2.24) is 9.88 Å². The number of aromatic nitrogens is 1. The molecule has 0 radical (unpaired) electrons. The molecule has 0 unspecified atom stereocenters. The number of nitrogens with zero attached hydrogens (tertiary/aromatic N) is 2. The summed E-state index contributed by atoms with van der Waals surface area (Å²) >= 11 is 6.29. The highest BCUT2D eigenvalue weighted by Crippen LogP contribution is 2.38. The molecule has 5 heteroatoms. The number of carbonyl (C=O) groups excluding carboxylic acids is 1. The van der Waals surface area contributed by atoms with Crippen molar-refractivity contribution in [2.45, 2.75) is 25.7 Å². The Labute approximate surface area is 186 Å². The van der Waals surface area contributed by atoms with Gasteiger partial charge in [0, 0.05) is 29.9 Å². The molecule has 0 atom stereocenters. The van der Waals surface area contributed by atoms with E-state index in [-0.39, 0.29) is 11.5 Å². The van der Waals surface area contributed by atoms with Gasteiger partial charge in [-0.15, -0.1) is 0 Å². The summed E-state index contributed by atoms with van der Waals surface area (Å²) in [7, 11) is 0. The minimum atomic E-state index is -0.468. The van der Waals surface area contributed by atoms with Crippen LogP contribution in [-0.2, 0) is 12.8 Å². The molecule has 1 aliphatic heterocycles. The first-order chi connectivity index (χ1) is 15.1. The monoisotopic (exact) mass is 432 g/mol. The summed E-state index contributed by atoms with van der Waals surface area (Å²) in [4.78, 5) is 19.3. The van der Waals surface area contributed by atoms with Crippen LogP contribution in [0.3, 0.4) is 0 Å². The highest BCUT2D eigenvalue weighted by atomic mass is 35.5. The Bertz CT molecular complexity index is 1190. The number of halogens is 2. The number of benzene rings is 2. The quantitative estimate of drug-likeness (QED) is 0.493. The molecular formula is C26H22ClFN2O. The minimum Gasteiger partial charge on any atom is -0.338 e. The maximum Gasteiger partial charge on any atom is 0.256 e. The number of fused-ring (bicyclic) bond motifs is 2. The fourth-order valence-electron chi connectivity index (χ4n) is 4.67. The van der Waals surface area contributed by atoms with Crippen LogP contribution in [0.4, 0.5) is 4.39 Å². The highest BCUT2D eigenvalue weighted by Gasteiger charge is 2.27. The number of piperidine rings is 1. The van der Waals surface area contributed by atoms with Gasteiger partial charge < -0.3 is 4.90 Å². The van der Waals surface area contributed by atoms with E-state index in [1.165, 1.54) is 33.9 Å². The third kappa shape index (κ3) is 3.77. The van der Waals surface area contributed by atoms with Crippen LogP contribution in [0.5, 0.6) is 0 Å². The summed E-state index contributed by atoms with van der Waals surface area (Å²) in [6.07, 6.45) is 5.17. The van der Waals surface area contributed by atoms with Crippen molar-refractivity contribution in [3.8, 4) is 0 Å². The van der Waals surface area contributed by atoms with Crippen molar-refractivity contribution in [3.05, 3.63) is 105 Å². The van der Waals surface area contributed by atoms with Gasteiger partial charge in [0.1, 0.15) is 5.82 Å². The molecule has 0 saturated carbocycles. The van der Waals surface area contributed by atoms with E-state index in [1.54, 1.807) is 23.1 Å². The third-order valence-corrected chi connectivity index (χ3v) is 6.48. The van der Waals surface area contributed by atoms with E-state index in [0.717, 1.165) is 36.4 Å². The van der Waals surface area contributed by atoms with Gasteiger partial charge in [-0.2, -0.15) is 0 Å². The minimum absolute atomic E-state index is 0.139. The third-order valence-electron chi connectivity index (χ3n) is 6.24. The second-order valence-electron chi connectivity index (χ2n) is 8.06. The molecule has 3 nitrogen and oxygen atoms in total. The van der Waals surface area contributed by atoms with E-state index in [4.69, 9.17) is 16.6 Å². The average Bonchev–Trinajstić information content (AvgIpc) is 2.96. The van der Waals surface area contributed by atoms with Crippen molar-refractivity contribution in [1.29, 1.82) is 0 Å². The lowest BCUT2D eigenvalue weighted by Crippen LogP contribution is -2.37. The molecule has 1 fully saturated rings. The van der Waals surface area contributed by atoms with Crippen molar-refractivity contribution in [2.75, 3.05) is 13.1 Å². The zero-order chi connectivity index (χ0) is 21.4. The number of aryl methyl sites for hydroxylation is 2. The Balaban J connectivity index is 1.51. The lowest BCUT2D eigenvalue weighted by molar-refractivity contribution is 0.0739. The Hall–Kier alpha value is -2.98. The first-order valence-electron chi connectivity index (χ1n) is 10.6. The van der Waals surface area contributed by atoms with Crippen molar-refractivity contribution in [2.24, 2.45) is 0 Å². The number of amides is 1. The molecule has 0 bridgehead atoms. The number of likely N-dealkylation sites (tertiary alicyclic amines) is 1. The molecule has 0 spiro atoms. The summed E-state index contributed by atoms with van der Waals surface area (Å²) in [5.41, 5.74) is 7.30. The fraction of sp³-hybridized carbons (Fsp3) is 0.231. The fourth-order valence-corrected chi connectivity index (χ4v) is 4.86. The smallest absolute Gasteiger partial charge is 0.256 e. The second-order valence-corrected chi connectivity index (χ2v) is 8.50. The largest absolute Gasteiger partial charge is 0.338 e. The average molecular weight is 433 g/mol. The van der Waals surface area contributed by atoms with Gasteiger partial charge in [-0.3, -0.25) is 9.78 Å². The first-order valence-corrected chi connectivity index (χ1v) is 11.0.